The number of carbonyl (C=O) groups is 1. The first kappa shape index (κ1) is 22.3. The standard InChI is InChI=1S/C23H28O6S/c1-18-16-23(22(24)25,12-14-28-18)17-30(26,27)15-5-13-29-21-10-8-20(9-11-21)19-6-3-2-4-7-19/h2-4,6-11,18H,5,12-17H2,1H3,(H,24,25). The first-order valence-corrected chi connectivity index (χ1v) is 12.0. The van der Waals surface area contributed by atoms with Gasteiger partial charge in [-0.15, -0.1) is 0 Å². The van der Waals surface area contributed by atoms with E-state index in [1.807, 2.05) is 54.6 Å². The average Bonchev–Trinajstić information content (AvgIpc) is 2.72. The smallest absolute Gasteiger partial charge is 0.310 e. The van der Waals surface area contributed by atoms with E-state index in [1.54, 1.807) is 6.92 Å². The summed E-state index contributed by atoms with van der Waals surface area (Å²) in [6.45, 7) is 2.30. The fraction of sp³-hybridized carbons (Fsp3) is 0.435. The molecule has 1 fully saturated rings. The van der Waals surface area contributed by atoms with Crippen molar-refractivity contribution >= 4 is 15.8 Å². The number of sulfone groups is 1. The van der Waals surface area contributed by atoms with Crippen LogP contribution in [0, 0.1) is 5.41 Å². The van der Waals surface area contributed by atoms with E-state index in [1.165, 1.54) is 0 Å². The molecule has 30 heavy (non-hydrogen) atoms. The molecule has 2 aromatic rings. The second-order valence-electron chi connectivity index (χ2n) is 7.91. The SMILES string of the molecule is CC1CC(CS(=O)(=O)CCCOc2ccc(-c3ccccc3)cc2)(C(=O)O)CCO1. The molecule has 1 heterocycles. The summed E-state index contributed by atoms with van der Waals surface area (Å²) in [5.41, 5.74) is 0.935. The number of carboxylic acid groups (broad SMARTS) is 1. The van der Waals surface area contributed by atoms with Crippen LogP contribution in [0.5, 0.6) is 5.75 Å². The molecule has 0 saturated carbocycles. The number of rotatable bonds is 9. The van der Waals surface area contributed by atoms with Crippen molar-refractivity contribution in [1.82, 2.24) is 0 Å². The highest BCUT2D eigenvalue weighted by Gasteiger charge is 2.45. The maximum Gasteiger partial charge on any atom is 0.310 e. The third-order valence-electron chi connectivity index (χ3n) is 5.44. The number of ether oxygens (including phenoxy) is 2. The van der Waals surface area contributed by atoms with E-state index in [0.717, 1.165) is 11.1 Å². The molecule has 1 saturated heterocycles. The Labute approximate surface area is 177 Å². The van der Waals surface area contributed by atoms with Crippen molar-refractivity contribution in [2.24, 2.45) is 5.41 Å². The molecular weight excluding hydrogens is 404 g/mol. The van der Waals surface area contributed by atoms with Crippen LogP contribution >= 0.6 is 0 Å². The molecule has 0 aliphatic carbocycles. The Morgan fingerprint density at radius 3 is 2.43 bits per heavy atom. The van der Waals surface area contributed by atoms with Crippen LogP contribution in [0.25, 0.3) is 11.1 Å². The van der Waals surface area contributed by atoms with E-state index >= 15 is 0 Å². The molecule has 0 bridgehead atoms. The van der Waals surface area contributed by atoms with Gasteiger partial charge in [0.15, 0.2) is 9.84 Å². The van der Waals surface area contributed by atoms with Crippen molar-refractivity contribution in [1.29, 1.82) is 0 Å². The van der Waals surface area contributed by atoms with Gasteiger partial charge in [-0.2, -0.15) is 0 Å². The Bertz CT molecular complexity index is 939. The third-order valence-corrected chi connectivity index (χ3v) is 7.34. The second kappa shape index (κ2) is 9.62. The Morgan fingerprint density at radius 1 is 1.13 bits per heavy atom. The molecule has 2 atom stereocenters. The summed E-state index contributed by atoms with van der Waals surface area (Å²) < 4.78 is 36.2. The minimum atomic E-state index is -3.52. The lowest BCUT2D eigenvalue weighted by Gasteiger charge is -2.36. The number of hydrogen-bond donors (Lipinski definition) is 1. The molecule has 0 spiro atoms. The molecule has 0 radical (unpaired) electrons. The molecule has 7 heteroatoms. The molecule has 162 valence electrons. The molecule has 3 rings (SSSR count). The monoisotopic (exact) mass is 432 g/mol. The van der Waals surface area contributed by atoms with Crippen molar-refractivity contribution in [3.05, 3.63) is 54.6 Å². The number of hydrogen-bond acceptors (Lipinski definition) is 5. The van der Waals surface area contributed by atoms with Crippen molar-refractivity contribution in [3.63, 3.8) is 0 Å². The van der Waals surface area contributed by atoms with Gasteiger partial charge in [0.05, 0.1) is 29.6 Å². The van der Waals surface area contributed by atoms with Gasteiger partial charge in [-0.05, 0) is 49.4 Å². The van der Waals surface area contributed by atoms with Crippen molar-refractivity contribution in [3.8, 4) is 16.9 Å². The number of aliphatic carboxylic acids is 1. The lowest BCUT2D eigenvalue weighted by atomic mass is 9.80. The largest absolute Gasteiger partial charge is 0.494 e. The molecule has 6 nitrogen and oxygen atoms in total. The number of benzene rings is 2. The minimum absolute atomic E-state index is 0.0979. The third kappa shape index (κ3) is 5.83. The molecule has 1 N–H and O–H groups in total. The van der Waals surface area contributed by atoms with Crippen molar-refractivity contribution in [2.45, 2.75) is 32.3 Å². The fourth-order valence-corrected chi connectivity index (χ4v) is 5.82. The highest BCUT2D eigenvalue weighted by molar-refractivity contribution is 7.91. The molecular formula is C23H28O6S. The quantitative estimate of drug-likeness (QED) is 0.606. The van der Waals surface area contributed by atoms with Gasteiger partial charge in [0.2, 0.25) is 0 Å². The van der Waals surface area contributed by atoms with Gasteiger partial charge in [0, 0.05) is 6.61 Å². The lowest BCUT2D eigenvalue weighted by Crippen LogP contribution is -2.45. The van der Waals surface area contributed by atoms with Crippen molar-refractivity contribution < 1.29 is 27.8 Å². The number of carboxylic acids is 1. The van der Waals surface area contributed by atoms with E-state index in [4.69, 9.17) is 9.47 Å². The van der Waals surface area contributed by atoms with Gasteiger partial charge >= 0.3 is 5.97 Å². The summed E-state index contributed by atoms with van der Waals surface area (Å²) in [6, 6.07) is 17.6. The van der Waals surface area contributed by atoms with Crippen LogP contribution in [-0.4, -0.2) is 50.3 Å². The molecule has 0 amide bonds. The van der Waals surface area contributed by atoms with Crippen LogP contribution in [0.1, 0.15) is 26.2 Å². The summed E-state index contributed by atoms with van der Waals surface area (Å²) in [5, 5.41) is 9.65. The van der Waals surface area contributed by atoms with Gasteiger partial charge in [-0.1, -0.05) is 42.5 Å². The normalized spacial score (nSPS) is 21.8. The zero-order valence-corrected chi connectivity index (χ0v) is 17.9. The molecule has 1 aliphatic heterocycles. The maximum absolute atomic E-state index is 12.6. The average molecular weight is 433 g/mol. The zero-order valence-electron chi connectivity index (χ0n) is 17.1. The maximum atomic E-state index is 12.6. The predicted molar refractivity (Wildman–Crippen MR) is 115 cm³/mol. The molecule has 0 aromatic heterocycles. The van der Waals surface area contributed by atoms with Crippen LogP contribution in [0.2, 0.25) is 0 Å². The zero-order chi connectivity index (χ0) is 21.6. The summed E-state index contributed by atoms with van der Waals surface area (Å²) in [4.78, 5) is 11.8. The molecule has 2 aromatic carbocycles. The Hall–Kier alpha value is -2.38. The van der Waals surface area contributed by atoms with E-state index in [2.05, 4.69) is 0 Å². The van der Waals surface area contributed by atoms with Crippen LogP contribution in [0.4, 0.5) is 0 Å². The summed E-state index contributed by atoms with van der Waals surface area (Å²) >= 11 is 0. The van der Waals surface area contributed by atoms with Crippen LogP contribution in [0.3, 0.4) is 0 Å². The molecule has 2 unspecified atom stereocenters. The van der Waals surface area contributed by atoms with Gasteiger partial charge in [0.1, 0.15) is 5.75 Å². The summed E-state index contributed by atoms with van der Waals surface area (Å²) in [5.74, 6) is -0.836. The predicted octanol–water partition coefficient (Wildman–Crippen LogP) is 3.81. The van der Waals surface area contributed by atoms with Gasteiger partial charge in [-0.3, -0.25) is 4.79 Å². The second-order valence-corrected chi connectivity index (χ2v) is 10.1. The highest BCUT2D eigenvalue weighted by Crippen LogP contribution is 2.35. The van der Waals surface area contributed by atoms with E-state index in [-0.39, 0.29) is 43.7 Å². The van der Waals surface area contributed by atoms with Gasteiger partial charge in [-0.25, -0.2) is 8.42 Å². The van der Waals surface area contributed by atoms with Crippen LogP contribution < -0.4 is 4.74 Å². The Kier molecular flexibility index (Phi) is 7.15. The van der Waals surface area contributed by atoms with E-state index in [0.29, 0.717) is 12.2 Å². The fourth-order valence-electron chi connectivity index (χ4n) is 3.89. The van der Waals surface area contributed by atoms with Gasteiger partial charge < -0.3 is 14.6 Å². The molecule has 1 aliphatic rings. The lowest BCUT2D eigenvalue weighted by molar-refractivity contribution is -0.155. The summed E-state index contributed by atoms with van der Waals surface area (Å²) in [6.07, 6.45) is 0.485. The first-order valence-electron chi connectivity index (χ1n) is 10.1. The van der Waals surface area contributed by atoms with Crippen LogP contribution in [0.15, 0.2) is 54.6 Å². The van der Waals surface area contributed by atoms with Gasteiger partial charge in [0.25, 0.3) is 0 Å². The Morgan fingerprint density at radius 2 is 1.80 bits per heavy atom. The Balaban J connectivity index is 1.50. The topological polar surface area (TPSA) is 89.9 Å². The first-order chi connectivity index (χ1) is 14.3. The van der Waals surface area contributed by atoms with Crippen LogP contribution in [-0.2, 0) is 19.4 Å². The van der Waals surface area contributed by atoms with E-state index < -0.39 is 21.2 Å². The van der Waals surface area contributed by atoms with E-state index in [9.17, 15) is 18.3 Å². The minimum Gasteiger partial charge on any atom is -0.494 e. The summed E-state index contributed by atoms with van der Waals surface area (Å²) in [7, 11) is -3.52. The van der Waals surface area contributed by atoms with Crippen molar-refractivity contribution in [2.75, 3.05) is 24.7 Å². The highest BCUT2D eigenvalue weighted by atomic mass is 32.2.